The van der Waals surface area contributed by atoms with Crippen LogP contribution in [0.15, 0.2) is 47.5 Å². The lowest BCUT2D eigenvalue weighted by molar-refractivity contribution is -0.384. The monoisotopic (exact) mass is 353 g/mol. The Morgan fingerprint density at radius 3 is 2.73 bits per heavy atom. The topological polar surface area (TPSA) is 106 Å². The number of aliphatic hydroxyl groups is 1. The van der Waals surface area contributed by atoms with Crippen LogP contribution in [0.25, 0.3) is 5.69 Å². The summed E-state index contributed by atoms with van der Waals surface area (Å²) in [4.78, 5) is 15.1. The lowest BCUT2D eigenvalue weighted by Crippen LogP contribution is -2.11. The number of rotatable bonds is 3. The maximum Gasteiger partial charge on any atom is 0.271 e. The molecule has 9 heteroatoms. The molecule has 0 saturated carbocycles. The number of hydrogen-bond acceptors (Lipinski definition) is 6. The van der Waals surface area contributed by atoms with Gasteiger partial charge in [0.05, 0.1) is 16.3 Å². The first kappa shape index (κ1) is 16.0. The van der Waals surface area contributed by atoms with Crippen molar-refractivity contribution in [2.45, 2.75) is 13.2 Å². The molecule has 0 radical (unpaired) electrons. The summed E-state index contributed by atoms with van der Waals surface area (Å²) in [5, 5.41) is 28.6. The summed E-state index contributed by atoms with van der Waals surface area (Å²) in [5.41, 5.74) is 1.38. The molecule has 0 aliphatic carbocycles. The summed E-state index contributed by atoms with van der Waals surface area (Å²) in [5.74, 6) is 0.185. The third-order valence-corrected chi connectivity index (χ3v) is 4.13. The largest absolute Gasteiger partial charge is 0.388 e. The molecular weight excluding hydrogens is 341 g/mol. The van der Waals surface area contributed by atoms with E-state index in [1.807, 2.05) is 0 Å². The van der Waals surface area contributed by atoms with Crippen molar-refractivity contribution >= 4 is 11.4 Å². The van der Waals surface area contributed by atoms with Crippen LogP contribution < -0.4 is 0 Å². The van der Waals surface area contributed by atoms with Crippen LogP contribution in [-0.2, 0) is 13.2 Å². The van der Waals surface area contributed by atoms with Crippen LogP contribution in [0.2, 0.25) is 0 Å². The lowest BCUT2D eigenvalue weighted by atomic mass is 9.99. The quantitative estimate of drug-likeness (QED) is 0.574. The number of aromatic nitrogens is 3. The van der Waals surface area contributed by atoms with Crippen molar-refractivity contribution in [3.8, 4) is 5.69 Å². The molecule has 0 fully saturated rings. The van der Waals surface area contributed by atoms with E-state index in [1.54, 1.807) is 18.2 Å². The van der Waals surface area contributed by atoms with Gasteiger partial charge in [0.2, 0.25) is 0 Å². The Bertz CT molecular complexity index is 1060. The van der Waals surface area contributed by atoms with Crippen molar-refractivity contribution in [2.75, 3.05) is 0 Å². The molecular formula is C17H12FN5O3. The first-order valence-electron chi connectivity index (χ1n) is 7.72. The SMILES string of the molecule is O=[N+]([O-])c1ccc2c(c1)-n1c(CO)nnc1CN=C2c1ccccc1F. The molecule has 0 atom stereocenters. The minimum Gasteiger partial charge on any atom is -0.388 e. The third kappa shape index (κ3) is 2.45. The highest BCUT2D eigenvalue weighted by Gasteiger charge is 2.25. The predicted molar refractivity (Wildman–Crippen MR) is 89.7 cm³/mol. The van der Waals surface area contributed by atoms with Gasteiger partial charge in [-0.25, -0.2) is 4.39 Å². The molecule has 3 aromatic rings. The smallest absolute Gasteiger partial charge is 0.271 e. The molecule has 0 amide bonds. The molecule has 0 spiro atoms. The van der Waals surface area contributed by atoms with E-state index < -0.39 is 17.3 Å². The van der Waals surface area contributed by atoms with Crippen molar-refractivity contribution < 1.29 is 14.4 Å². The second kappa shape index (κ2) is 6.12. The maximum absolute atomic E-state index is 14.3. The van der Waals surface area contributed by atoms with Gasteiger partial charge in [-0.3, -0.25) is 19.7 Å². The summed E-state index contributed by atoms with van der Waals surface area (Å²) in [6, 6.07) is 10.4. The highest BCUT2D eigenvalue weighted by Crippen LogP contribution is 2.29. The van der Waals surface area contributed by atoms with Gasteiger partial charge in [-0.1, -0.05) is 12.1 Å². The van der Waals surface area contributed by atoms with Crippen LogP contribution in [0.4, 0.5) is 10.1 Å². The van der Waals surface area contributed by atoms with Crippen molar-refractivity contribution in [3.63, 3.8) is 0 Å². The Hall–Kier alpha value is -3.46. The number of aliphatic imine (C=N–C) groups is 1. The van der Waals surface area contributed by atoms with E-state index in [0.29, 0.717) is 22.8 Å². The predicted octanol–water partition coefficient (Wildman–Crippen LogP) is 2.16. The average molecular weight is 353 g/mol. The van der Waals surface area contributed by atoms with Crippen LogP contribution in [0.5, 0.6) is 0 Å². The van der Waals surface area contributed by atoms with Crippen molar-refractivity contribution in [3.05, 3.63) is 81.2 Å². The maximum atomic E-state index is 14.3. The van der Waals surface area contributed by atoms with Gasteiger partial charge in [-0.15, -0.1) is 10.2 Å². The first-order chi connectivity index (χ1) is 12.6. The molecule has 0 unspecified atom stereocenters. The number of halogens is 1. The number of non-ortho nitro benzene ring substituents is 1. The first-order valence-corrected chi connectivity index (χ1v) is 7.72. The van der Waals surface area contributed by atoms with Gasteiger partial charge >= 0.3 is 0 Å². The molecule has 130 valence electrons. The number of hydrogen-bond donors (Lipinski definition) is 1. The zero-order valence-corrected chi connectivity index (χ0v) is 13.3. The van der Waals surface area contributed by atoms with E-state index in [4.69, 9.17) is 0 Å². The summed E-state index contributed by atoms with van der Waals surface area (Å²) in [6.45, 7) is -0.302. The molecule has 4 rings (SSSR count). The second-order valence-corrected chi connectivity index (χ2v) is 5.63. The Morgan fingerprint density at radius 1 is 1.19 bits per heavy atom. The Balaban J connectivity index is 2.02. The number of benzene rings is 2. The standard InChI is InChI=1S/C17H12FN5O3/c18-13-4-2-1-3-11(13)17-12-6-5-10(23(25)26)7-14(12)22-15(8-19-17)20-21-16(22)9-24/h1-7,24H,8-9H2. The third-order valence-electron chi connectivity index (χ3n) is 4.13. The molecule has 26 heavy (non-hydrogen) atoms. The molecule has 2 aromatic carbocycles. The van der Waals surface area contributed by atoms with Crippen LogP contribution in [0.1, 0.15) is 22.8 Å². The normalized spacial score (nSPS) is 12.8. The van der Waals surface area contributed by atoms with E-state index >= 15 is 0 Å². The van der Waals surface area contributed by atoms with Gasteiger partial charge in [0.15, 0.2) is 11.6 Å². The zero-order chi connectivity index (χ0) is 18.3. The summed E-state index contributed by atoms with van der Waals surface area (Å²) in [7, 11) is 0. The minimum atomic E-state index is -0.520. The van der Waals surface area contributed by atoms with E-state index in [1.165, 1.54) is 28.8 Å². The van der Waals surface area contributed by atoms with Crippen LogP contribution in [-0.4, -0.2) is 30.5 Å². The minimum absolute atomic E-state index is 0.0964. The molecule has 1 aromatic heterocycles. The Morgan fingerprint density at radius 2 is 2.00 bits per heavy atom. The summed E-state index contributed by atoms with van der Waals surface area (Å²) < 4.78 is 15.9. The van der Waals surface area contributed by atoms with Crippen LogP contribution in [0.3, 0.4) is 0 Å². The molecule has 0 bridgehead atoms. The number of nitrogens with zero attached hydrogens (tertiary/aromatic N) is 5. The van der Waals surface area contributed by atoms with Gasteiger partial charge in [0, 0.05) is 23.3 Å². The Labute approximate surface area is 146 Å². The van der Waals surface area contributed by atoms with Gasteiger partial charge in [-0.2, -0.15) is 0 Å². The zero-order valence-electron chi connectivity index (χ0n) is 13.3. The number of nitro benzene ring substituents is 1. The summed E-state index contributed by atoms with van der Waals surface area (Å²) >= 11 is 0. The molecule has 2 heterocycles. The van der Waals surface area contributed by atoms with E-state index in [9.17, 15) is 19.6 Å². The Kier molecular flexibility index (Phi) is 3.77. The van der Waals surface area contributed by atoms with Crippen molar-refractivity contribution in [2.24, 2.45) is 4.99 Å². The molecule has 1 N–H and O–H groups in total. The average Bonchev–Trinajstić information content (AvgIpc) is 2.99. The lowest BCUT2D eigenvalue weighted by Gasteiger charge is -2.13. The highest BCUT2D eigenvalue weighted by atomic mass is 19.1. The van der Waals surface area contributed by atoms with E-state index in [0.717, 1.165) is 0 Å². The van der Waals surface area contributed by atoms with E-state index in [-0.39, 0.29) is 23.6 Å². The fourth-order valence-electron chi connectivity index (χ4n) is 2.97. The second-order valence-electron chi connectivity index (χ2n) is 5.63. The van der Waals surface area contributed by atoms with Gasteiger partial charge in [-0.05, 0) is 18.2 Å². The highest BCUT2D eigenvalue weighted by molar-refractivity contribution is 6.15. The van der Waals surface area contributed by atoms with Gasteiger partial charge in [0.25, 0.3) is 5.69 Å². The molecule has 8 nitrogen and oxygen atoms in total. The van der Waals surface area contributed by atoms with Crippen LogP contribution >= 0.6 is 0 Å². The molecule has 0 saturated heterocycles. The van der Waals surface area contributed by atoms with Crippen LogP contribution in [0, 0.1) is 15.9 Å². The fourth-order valence-corrected chi connectivity index (χ4v) is 2.97. The number of aliphatic hydroxyl groups excluding tert-OH is 1. The fraction of sp³-hybridized carbons (Fsp3) is 0.118. The summed E-state index contributed by atoms with van der Waals surface area (Å²) in [6.07, 6.45) is 0. The molecule has 1 aliphatic rings. The van der Waals surface area contributed by atoms with Crippen molar-refractivity contribution in [1.82, 2.24) is 14.8 Å². The van der Waals surface area contributed by atoms with Gasteiger partial charge < -0.3 is 5.11 Å². The number of fused-ring (bicyclic) bond motifs is 3. The molecule has 1 aliphatic heterocycles. The number of nitro groups is 1. The van der Waals surface area contributed by atoms with E-state index in [2.05, 4.69) is 15.2 Å². The van der Waals surface area contributed by atoms with Gasteiger partial charge in [0.1, 0.15) is 19.0 Å². The van der Waals surface area contributed by atoms with Crippen molar-refractivity contribution in [1.29, 1.82) is 0 Å².